The van der Waals surface area contributed by atoms with Gasteiger partial charge in [0.15, 0.2) is 0 Å². The van der Waals surface area contributed by atoms with Crippen molar-refractivity contribution in [1.82, 2.24) is 5.32 Å². The Kier molecular flexibility index (Phi) is 2.00. The van der Waals surface area contributed by atoms with E-state index in [-0.39, 0.29) is 5.54 Å². The molecule has 2 heteroatoms. The summed E-state index contributed by atoms with van der Waals surface area (Å²) in [7, 11) is 2.00. The lowest BCUT2D eigenvalue weighted by atomic mass is 9.87. The Balaban J connectivity index is 2.48. The van der Waals surface area contributed by atoms with Gasteiger partial charge in [-0.25, -0.2) is 0 Å². The van der Waals surface area contributed by atoms with Gasteiger partial charge >= 0.3 is 0 Å². The fraction of sp³-hybridized carbons (Fsp3) is 0.455. The van der Waals surface area contributed by atoms with E-state index >= 15 is 0 Å². The average Bonchev–Trinajstić information content (AvgIpc) is 2.19. The molecule has 70 valence electrons. The van der Waals surface area contributed by atoms with Crippen LogP contribution in [0.15, 0.2) is 24.3 Å². The van der Waals surface area contributed by atoms with Gasteiger partial charge in [-0.15, -0.1) is 0 Å². The zero-order chi connectivity index (χ0) is 9.31. The van der Waals surface area contributed by atoms with E-state index in [1.54, 1.807) is 0 Å². The van der Waals surface area contributed by atoms with Crippen LogP contribution in [-0.4, -0.2) is 13.7 Å². The Morgan fingerprint density at radius 3 is 2.92 bits per heavy atom. The maximum atomic E-state index is 5.58. The van der Waals surface area contributed by atoms with E-state index in [2.05, 4.69) is 24.4 Å². The SMILES string of the molecule is CNC1(C)CCOc2ccccc21. The molecule has 0 aliphatic carbocycles. The standard InChI is InChI=1S/C11H15NO/c1-11(12-2)7-8-13-10-6-4-3-5-9(10)11/h3-6,12H,7-8H2,1-2H3. The predicted molar refractivity (Wildman–Crippen MR) is 53.0 cm³/mol. The van der Waals surface area contributed by atoms with Crippen molar-refractivity contribution in [3.05, 3.63) is 29.8 Å². The third-order valence-corrected chi connectivity index (χ3v) is 2.89. The van der Waals surface area contributed by atoms with Gasteiger partial charge in [-0.05, 0) is 20.0 Å². The van der Waals surface area contributed by atoms with Gasteiger partial charge in [-0.2, -0.15) is 0 Å². The van der Waals surface area contributed by atoms with Crippen LogP contribution in [0.3, 0.4) is 0 Å². The fourth-order valence-corrected chi connectivity index (χ4v) is 1.81. The van der Waals surface area contributed by atoms with Gasteiger partial charge in [-0.1, -0.05) is 18.2 Å². The highest BCUT2D eigenvalue weighted by molar-refractivity contribution is 5.40. The first-order valence-corrected chi connectivity index (χ1v) is 4.67. The van der Waals surface area contributed by atoms with Gasteiger partial charge in [0.2, 0.25) is 0 Å². The molecule has 0 aromatic heterocycles. The van der Waals surface area contributed by atoms with E-state index < -0.39 is 0 Å². The largest absolute Gasteiger partial charge is 0.493 e. The quantitative estimate of drug-likeness (QED) is 0.707. The monoisotopic (exact) mass is 177 g/mol. The van der Waals surface area contributed by atoms with Crippen LogP contribution in [-0.2, 0) is 5.54 Å². The van der Waals surface area contributed by atoms with Gasteiger partial charge in [-0.3, -0.25) is 0 Å². The number of rotatable bonds is 1. The van der Waals surface area contributed by atoms with Crippen LogP contribution in [0.2, 0.25) is 0 Å². The minimum atomic E-state index is 0.0782. The molecule has 1 heterocycles. The molecule has 13 heavy (non-hydrogen) atoms. The predicted octanol–water partition coefficient (Wildman–Crippen LogP) is 1.90. The van der Waals surface area contributed by atoms with E-state index in [1.165, 1.54) is 5.56 Å². The summed E-state index contributed by atoms with van der Waals surface area (Å²) in [6.07, 6.45) is 1.03. The molecule has 1 aliphatic heterocycles. The zero-order valence-corrected chi connectivity index (χ0v) is 8.13. The number of hydrogen-bond acceptors (Lipinski definition) is 2. The highest BCUT2D eigenvalue weighted by atomic mass is 16.5. The molecule has 0 fully saturated rings. The van der Waals surface area contributed by atoms with Gasteiger partial charge in [0, 0.05) is 17.5 Å². The molecular weight excluding hydrogens is 162 g/mol. The van der Waals surface area contributed by atoms with Crippen molar-refractivity contribution in [2.75, 3.05) is 13.7 Å². The third kappa shape index (κ3) is 1.31. The molecule has 1 N–H and O–H groups in total. The van der Waals surface area contributed by atoms with Crippen molar-refractivity contribution in [2.24, 2.45) is 0 Å². The topological polar surface area (TPSA) is 21.3 Å². The molecule has 1 aromatic rings. The van der Waals surface area contributed by atoms with E-state index in [4.69, 9.17) is 4.74 Å². The summed E-state index contributed by atoms with van der Waals surface area (Å²) in [5.74, 6) is 1.02. The van der Waals surface area contributed by atoms with E-state index in [0.717, 1.165) is 18.8 Å². The summed E-state index contributed by atoms with van der Waals surface area (Å²) in [6.45, 7) is 3.02. The van der Waals surface area contributed by atoms with Crippen LogP contribution in [0.1, 0.15) is 18.9 Å². The second-order valence-corrected chi connectivity index (χ2v) is 3.68. The first kappa shape index (κ1) is 8.57. The number of hydrogen-bond donors (Lipinski definition) is 1. The first-order chi connectivity index (χ1) is 6.26. The maximum Gasteiger partial charge on any atom is 0.124 e. The molecule has 0 bridgehead atoms. The lowest BCUT2D eigenvalue weighted by Crippen LogP contribution is -2.41. The lowest BCUT2D eigenvalue weighted by molar-refractivity contribution is 0.205. The van der Waals surface area contributed by atoms with E-state index in [0.29, 0.717) is 0 Å². The van der Waals surface area contributed by atoms with Gasteiger partial charge in [0.1, 0.15) is 5.75 Å². The third-order valence-electron chi connectivity index (χ3n) is 2.89. The summed E-state index contributed by atoms with van der Waals surface area (Å²) in [4.78, 5) is 0. The zero-order valence-electron chi connectivity index (χ0n) is 8.13. The Labute approximate surface area is 78.9 Å². The Bertz CT molecular complexity index is 311. The smallest absolute Gasteiger partial charge is 0.124 e. The normalized spacial score (nSPS) is 26.3. The molecule has 2 rings (SSSR count). The Hall–Kier alpha value is -1.02. The van der Waals surface area contributed by atoms with Crippen LogP contribution in [0.5, 0.6) is 5.75 Å². The highest BCUT2D eigenvalue weighted by Gasteiger charge is 2.30. The number of nitrogens with one attached hydrogen (secondary N) is 1. The average molecular weight is 177 g/mol. The summed E-state index contributed by atoms with van der Waals surface area (Å²) in [5, 5.41) is 3.36. The molecule has 1 unspecified atom stereocenters. The fourth-order valence-electron chi connectivity index (χ4n) is 1.81. The number of fused-ring (bicyclic) bond motifs is 1. The molecule has 1 aromatic carbocycles. The van der Waals surface area contributed by atoms with Crippen LogP contribution in [0.4, 0.5) is 0 Å². The lowest BCUT2D eigenvalue weighted by Gasteiger charge is -2.35. The second kappa shape index (κ2) is 3.04. The number of para-hydroxylation sites is 1. The molecule has 2 nitrogen and oxygen atoms in total. The molecule has 0 amide bonds. The number of ether oxygens (including phenoxy) is 1. The first-order valence-electron chi connectivity index (χ1n) is 4.67. The molecule has 0 saturated carbocycles. The van der Waals surface area contributed by atoms with Crippen molar-refractivity contribution in [1.29, 1.82) is 0 Å². The van der Waals surface area contributed by atoms with E-state index in [9.17, 15) is 0 Å². The minimum Gasteiger partial charge on any atom is -0.493 e. The summed E-state index contributed by atoms with van der Waals surface area (Å²) in [6, 6.07) is 8.23. The van der Waals surface area contributed by atoms with Gasteiger partial charge < -0.3 is 10.1 Å². The molecular formula is C11H15NO. The van der Waals surface area contributed by atoms with Crippen molar-refractivity contribution < 1.29 is 4.74 Å². The molecule has 1 aliphatic rings. The number of benzene rings is 1. The van der Waals surface area contributed by atoms with Crippen LogP contribution < -0.4 is 10.1 Å². The summed E-state index contributed by atoms with van der Waals surface area (Å²) in [5.41, 5.74) is 1.35. The van der Waals surface area contributed by atoms with Crippen molar-refractivity contribution >= 4 is 0 Å². The van der Waals surface area contributed by atoms with Crippen molar-refractivity contribution in [3.63, 3.8) is 0 Å². The Morgan fingerprint density at radius 2 is 2.15 bits per heavy atom. The van der Waals surface area contributed by atoms with Crippen molar-refractivity contribution in [2.45, 2.75) is 18.9 Å². The van der Waals surface area contributed by atoms with Crippen LogP contribution in [0, 0.1) is 0 Å². The molecule has 0 radical (unpaired) electrons. The molecule has 0 saturated heterocycles. The van der Waals surface area contributed by atoms with Gasteiger partial charge in [0.25, 0.3) is 0 Å². The minimum absolute atomic E-state index is 0.0782. The highest BCUT2D eigenvalue weighted by Crippen LogP contribution is 2.35. The Morgan fingerprint density at radius 1 is 1.38 bits per heavy atom. The van der Waals surface area contributed by atoms with Crippen molar-refractivity contribution in [3.8, 4) is 5.75 Å². The second-order valence-electron chi connectivity index (χ2n) is 3.68. The van der Waals surface area contributed by atoms with Gasteiger partial charge in [0.05, 0.1) is 6.61 Å². The molecule has 0 spiro atoms. The summed E-state index contributed by atoms with van der Waals surface area (Å²) >= 11 is 0. The summed E-state index contributed by atoms with van der Waals surface area (Å²) < 4.78 is 5.58. The van der Waals surface area contributed by atoms with Crippen LogP contribution >= 0.6 is 0 Å². The van der Waals surface area contributed by atoms with Crippen LogP contribution in [0.25, 0.3) is 0 Å². The molecule has 1 atom stereocenters. The maximum absolute atomic E-state index is 5.58. The van der Waals surface area contributed by atoms with E-state index in [1.807, 2.05) is 19.2 Å².